The maximum absolute atomic E-state index is 12.8. The maximum Gasteiger partial charge on any atom is 0.262 e. The van der Waals surface area contributed by atoms with Gasteiger partial charge in [-0.3, -0.25) is 14.2 Å². The van der Waals surface area contributed by atoms with Crippen molar-refractivity contribution in [1.29, 1.82) is 0 Å². The number of aromatic nitrogens is 2. The van der Waals surface area contributed by atoms with Gasteiger partial charge in [0, 0.05) is 11.6 Å². The number of anilines is 1. The first-order valence-corrected chi connectivity index (χ1v) is 10.2. The largest absolute Gasteiger partial charge is 0.324 e. The molecule has 1 aromatic heterocycles. The Morgan fingerprint density at radius 2 is 2.04 bits per heavy atom. The molecule has 0 atom stereocenters. The summed E-state index contributed by atoms with van der Waals surface area (Å²) < 4.78 is 1.47. The molecule has 2 aromatic carbocycles. The summed E-state index contributed by atoms with van der Waals surface area (Å²) in [6.07, 6.45) is 1.60. The SMILES string of the molecule is C=CCn1c(SCC(=O)Nc2cccc(Cl)c2Cl)nc2cc(Cl)ccc2c1=O. The molecule has 3 rings (SSSR count). The average molecular weight is 455 g/mol. The fourth-order valence-corrected chi connectivity index (χ4v) is 3.81. The first kappa shape index (κ1) is 20.7. The number of nitrogens with one attached hydrogen (secondary N) is 1. The molecule has 0 unspecified atom stereocenters. The number of benzene rings is 2. The van der Waals surface area contributed by atoms with Crippen LogP contribution in [0.2, 0.25) is 15.1 Å². The number of fused-ring (bicyclic) bond motifs is 1. The lowest BCUT2D eigenvalue weighted by molar-refractivity contribution is -0.113. The van der Waals surface area contributed by atoms with Gasteiger partial charge in [0.05, 0.1) is 32.4 Å². The summed E-state index contributed by atoms with van der Waals surface area (Å²) in [5, 5.41) is 4.64. The van der Waals surface area contributed by atoms with Crippen LogP contribution in [0.3, 0.4) is 0 Å². The highest BCUT2D eigenvalue weighted by molar-refractivity contribution is 7.99. The van der Waals surface area contributed by atoms with Crippen LogP contribution in [0, 0.1) is 0 Å². The van der Waals surface area contributed by atoms with Crippen LogP contribution >= 0.6 is 46.6 Å². The maximum atomic E-state index is 12.8. The van der Waals surface area contributed by atoms with Crippen molar-refractivity contribution in [1.82, 2.24) is 9.55 Å². The third-order valence-electron chi connectivity index (χ3n) is 3.75. The number of nitrogens with zero attached hydrogens (tertiary/aromatic N) is 2. The van der Waals surface area contributed by atoms with Crippen molar-refractivity contribution in [2.45, 2.75) is 11.7 Å². The van der Waals surface area contributed by atoms with Gasteiger partial charge in [-0.2, -0.15) is 0 Å². The third-order valence-corrected chi connectivity index (χ3v) is 5.78. The number of carbonyl (C=O) groups is 1. The zero-order chi connectivity index (χ0) is 20.3. The number of rotatable bonds is 6. The summed E-state index contributed by atoms with van der Waals surface area (Å²) in [6, 6.07) is 9.86. The van der Waals surface area contributed by atoms with E-state index in [-0.39, 0.29) is 28.8 Å². The lowest BCUT2D eigenvalue weighted by atomic mass is 10.2. The first-order chi connectivity index (χ1) is 13.4. The van der Waals surface area contributed by atoms with Crippen molar-refractivity contribution in [2.75, 3.05) is 11.1 Å². The van der Waals surface area contributed by atoms with Crippen LogP contribution < -0.4 is 10.9 Å². The van der Waals surface area contributed by atoms with Crippen LogP contribution in [0.1, 0.15) is 0 Å². The Balaban J connectivity index is 1.85. The minimum atomic E-state index is -0.306. The number of amides is 1. The smallest absolute Gasteiger partial charge is 0.262 e. The van der Waals surface area contributed by atoms with Gasteiger partial charge < -0.3 is 5.32 Å². The van der Waals surface area contributed by atoms with E-state index in [0.29, 0.717) is 31.8 Å². The zero-order valence-corrected chi connectivity index (χ0v) is 17.5. The molecule has 0 saturated carbocycles. The molecule has 0 aliphatic rings. The highest BCUT2D eigenvalue weighted by Gasteiger charge is 2.14. The molecular formula is C19H14Cl3N3O2S. The number of carbonyl (C=O) groups excluding carboxylic acids is 1. The van der Waals surface area contributed by atoms with Gasteiger partial charge in [-0.1, -0.05) is 58.7 Å². The van der Waals surface area contributed by atoms with E-state index in [4.69, 9.17) is 34.8 Å². The molecule has 1 amide bonds. The fourth-order valence-electron chi connectivity index (χ4n) is 2.49. The van der Waals surface area contributed by atoms with Crippen molar-refractivity contribution >= 4 is 69.1 Å². The summed E-state index contributed by atoms with van der Waals surface area (Å²) in [7, 11) is 0. The standard InChI is InChI=1S/C19H14Cl3N3O2S/c1-2-8-25-18(27)12-7-6-11(20)9-15(12)24-19(25)28-10-16(26)23-14-5-3-4-13(21)17(14)22/h2-7,9H,1,8,10H2,(H,23,26). The average Bonchev–Trinajstić information content (AvgIpc) is 2.66. The summed E-state index contributed by atoms with van der Waals surface area (Å²) in [5.41, 5.74) is 0.669. The Hall–Kier alpha value is -1.99. The molecule has 0 saturated heterocycles. The van der Waals surface area contributed by atoms with E-state index in [1.807, 2.05) is 0 Å². The lowest BCUT2D eigenvalue weighted by Crippen LogP contribution is -2.23. The van der Waals surface area contributed by atoms with Crippen molar-refractivity contribution in [3.05, 3.63) is 74.5 Å². The third kappa shape index (κ3) is 4.52. The number of thioether (sulfide) groups is 1. The van der Waals surface area contributed by atoms with Gasteiger partial charge in [-0.15, -0.1) is 6.58 Å². The molecule has 1 N–H and O–H groups in total. The Morgan fingerprint density at radius 1 is 1.25 bits per heavy atom. The molecule has 0 aliphatic carbocycles. The molecule has 144 valence electrons. The monoisotopic (exact) mass is 453 g/mol. The normalized spacial score (nSPS) is 10.8. The van der Waals surface area contributed by atoms with Crippen molar-refractivity contribution < 1.29 is 4.79 Å². The van der Waals surface area contributed by atoms with Gasteiger partial charge in [0.1, 0.15) is 0 Å². The fraction of sp³-hybridized carbons (Fsp3) is 0.105. The Labute approximate surface area is 180 Å². The molecule has 5 nitrogen and oxygen atoms in total. The molecular weight excluding hydrogens is 441 g/mol. The Morgan fingerprint density at radius 3 is 2.79 bits per heavy atom. The number of hydrogen-bond donors (Lipinski definition) is 1. The molecule has 0 fully saturated rings. The quantitative estimate of drug-likeness (QED) is 0.313. The van der Waals surface area contributed by atoms with Crippen LogP contribution in [0.15, 0.2) is 59.0 Å². The predicted octanol–water partition coefficient (Wildman–Crippen LogP) is 5.27. The second-order valence-corrected chi connectivity index (χ2v) is 7.86. The number of halogens is 3. The second-order valence-electron chi connectivity index (χ2n) is 5.70. The van der Waals surface area contributed by atoms with Gasteiger partial charge in [0.15, 0.2) is 5.16 Å². The van der Waals surface area contributed by atoms with E-state index in [0.717, 1.165) is 11.8 Å². The van der Waals surface area contributed by atoms with Crippen molar-refractivity contribution in [2.24, 2.45) is 0 Å². The van der Waals surface area contributed by atoms with Gasteiger partial charge in [0.25, 0.3) is 5.56 Å². The van der Waals surface area contributed by atoms with Gasteiger partial charge in [-0.05, 0) is 30.3 Å². The van der Waals surface area contributed by atoms with Gasteiger partial charge in [0.2, 0.25) is 5.91 Å². The van der Waals surface area contributed by atoms with Crippen molar-refractivity contribution in [3.63, 3.8) is 0 Å². The molecule has 0 bridgehead atoms. The number of allylic oxidation sites excluding steroid dienone is 1. The Bertz CT molecular complexity index is 1130. The van der Waals surface area contributed by atoms with Crippen LogP contribution in [-0.4, -0.2) is 21.2 Å². The van der Waals surface area contributed by atoms with E-state index < -0.39 is 0 Å². The molecule has 9 heteroatoms. The molecule has 0 radical (unpaired) electrons. The lowest BCUT2D eigenvalue weighted by Gasteiger charge is -2.12. The topological polar surface area (TPSA) is 64.0 Å². The minimum Gasteiger partial charge on any atom is -0.324 e. The summed E-state index contributed by atoms with van der Waals surface area (Å²) in [6.45, 7) is 3.95. The number of hydrogen-bond acceptors (Lipinski definition) is 4. The molecule has 28 heavy (non-hydrogen) atoms. The highest BCUT2D eigenvalue weighted by Crippen LogP contribution is 2.29. The van der Waals surface area contributed by atoms with E-state index in [1.54, 1.807) is 42.5 Å². The van der Waals surface area contributed by atoms with E-state index in [2.05, 4.69) is 16.9 Å². The van der Waals surface area contributed by atoms with Crippen LogP contribution in [0.25, 0.3) is 10.9 Å². The molecule has 1 heterocycles. The van der Waals surface area contributed by atoms with Gasteiger partial charge >= 0.3 is 0 Å². The summed E-state index contributed by atoms with van der Waals surface area (Å²) in [5.74, 6) is -0.279. The second kappa shape index (κ2) is 9.01. The van der Waals surface area contributed by atoms with Gasteiger partial charge in [-0.25, -0.2) is 4.98 Å². The van der Waals surface area contributed by atoms with Crippen LogP contribution in [0.5, 0.6) is 0 Å². The van der Waals surface area contributed by atoms with E-state index >= 15 is 0 Å². The molecule has 3 aromatic rings. The van der Waals surface area contributed by atoms with E-state index in [1.165, 1.54) is 4.57 Å². The molecule has 0 spiro atoms. The van der Waals surface area contributed by atoms with Crippen LogP contribution in [0.4, 0.5) is 5.69 Å². The Kier molecular flexibility index (Phi) is 6.67. The highest BCUT2D eigenvalue weighted by atomic mass is 35.5. The predicted molar refractivity (Wildman–Crippen MR) is 117 cm³/mol. The molecule has 0 aliphatic heterocycles. The summed E-state index contributed by atoms with van der Waals surface area (Å²) >= 11 is 19.2. The van der Waals surface area contributed by atoms with E-state index in [9.17, 15) is 9.59 Å². The minimum absolute atomic E-state index is 0.0263. The van der Waals surface area contributed by atoms with Crippen LogP contribution in [-0.2, 0) is 11.3 Å². The van der Waals surface area contributed by atoms with Crippen molar-refractivity contribution in [3.8, 4) is 0 Å². The summed E-state index contributed by atoms with van der Waals surface area (Å²) in [4.78, 5) is 29.6. The first-order valence-electron chi connectivity index (χ1n) is 8.08. The zero-order valence-electron chi connectivity index (χ0n) is 14.4.